The third kappa shape index (κ3) is 3.91. The van der Waals surface area contributed by atoms with Gasteiger partial charge >= 0.3 is 0 Å². The molecule has 7 heteroatoms. The SMILES string of the molecule is COc1ccc(OC)c(CN2CCN(c3ncnc4ccc(Br)cc34)CC2)c1. The molecule has 0 atom stereocenters. The summed E-state index contributed by atoms with van der Waals surface area (Å²) in [6.07, 6.45) is 1.65. The predicted octanol–water partition coefficient (Wildman–Crippen LogP) is 3.73. The third-order valence-corrected chi connectivity index (χ3v) is 5.62. The molecule has 0 bridgehead atoms. The molecule has 0 amide bonds. The summed E-state index contributed by atoms with van der Waals surface area (Å²) in [6.45, 7) is 4.60. The van der Waals surface area contributed by atoms with Crippen molar-refractivity contribution in [2.24, 2.45) is 0 Å². The summed E-state index contributed by atoms with van der Waals surface area (Å²) in [6, 6.07) is 12.1. The van der Waals surface area contributed by atoms with Crippen molar-refractivity contribution in [2.75, 3.05) is 45.3 Å². The molecule has 6 nitrogen and oxygen atoms in total. The molecule has 3 aromatic rings. The maximum atomic E-state index is 5.52. The summed E-state index contributed by atoms with van der Waals surface area (Å²) in [5, 5.41) is 1.08. The monoisotopic (exact) mass is 442 g/mol. The van der Waals surface area contributed by atoms with Crippen LogP contribution in [-0.2, 0) is 6.54 Å². The molecule has 28 heavy (non-hydrogen) atoms. The molecule has 0 unspecified atom stereocenters. The van der Waals surface area contributed by atoms with Gasteiger partial charge < -0.3 is 14.4 Å². The fourth-order valence-corrected chi connectivity index (χ4v) is 3.99. The van der Waals surface area contributed by atoms with Crippen LogP contribution in [0.3, 0.4) is 0 Å². The number of hydrogen-bond acceptors (Lipinski definition) is 6. The zero-order valence-corrected chi connectivity index (χ0v) is 17.6. The number of aromatic nitrogens is 2. The first-order chi connectivity index (χ1) is 13.7. The van der Waals surface area contributed by atoms with Crippen molar-refractivity contribution >= 4 is 32.7 Å². The molecule has 2 aromatic carbocycles. The van der Waals surface area contributed by atoms with Crippen molar-refractivity contribution in [2.45, 2.75) is 6.54 Å². The molecule has 0 radical (unpaired) electrons. The van der Waals surface area contributed by atoms with Crippen LogP contribution in [0.5, 0.6) is 11.5 Å². The molecule has 2 heterocycles. The molecule has 0 spiro atoms. The van der Waals surface area contributed by atoms with Gasteiger partial charge in [-0.2, -0.15) is 0 Å². The van der Waals surface area contributed by atoms with E-state index in [0.717, 1.165) is 71.0 Å². The van der Waals surface area contributed by atoms with Crippen LogP contribution in [0.1, 0.15) is 5.56 Å². The largest absolute Gasteiger partial charge is 0.497 e. The first kappa shape index (κ1) is 19.0. The lowest BCUT2D eigenvalue weighted by atomic mass is 10.1. The van der Waals surface area contributed by atoms with Crippen molar-refractivity contribution in [3.8, 4) is 11.5 Å². The van der Waals surface area contributed by atoms with Gasteiger partial charge in [0.25, 0.3) is 0 Å². The van der Waals surface area contributed by atoms with Gasteiger partial charge in [0.2, 0.25) is 0 Å². The number of piperazine rings is 1. The van der Waals surface area contributed by atoms with Gasteiger partial charge in [0, 0.05) is 48.1 Å². The average molecular weight is 443 g/mol. The second-order valence-electron chi connectivity index (χ2n) is 6.80. The van der Waals surface area contributed by atoms with Crippen molar-refractivity contribution in [1.29, 1.82) is 0 Å². The number of nitrogens with zero attached hydrogens (tertiary/aromatic N) is 4. The van der Waals surface area contributed by atoms with Crippen LogP contribution in [0.4, 0.5) is 5.82 Å². The van der Waals surface area contributed by atoms with Crippen LogP contribution in [0, 0.1) is 0 Å². The number of halogens is 1. The second kappa shape index (κ2) is 8.32. The highest BCUT2D eigenvalue weighted by atomic mass is 79.9. The molecule has 0 N–H and O–H groups in total. The average Bonchev–Trinajstić information content (AvgIpc) is 2.74. The first-order valence-electron chi connectivity index (χ1n) is 9.26. The van der Waals surface area contributed by atoms with Gasteiger partial charge in [-0.25, -0.2) is 9.97 Å². The Hall–Kier alpha value is -2.38. The quantitative estimate of drug-likeness (QED) is 0.599. The van der Waals surface area contributed by atoms with Gasteiger partial charge in [0.15, 0.2) is 0 Å². The van der Waals surface area contributed by atoms with E-state index in [1.807, 2.05) is 24.3 Å². The van der Waals surface area contributed by atoms with Crippen LogP contribution >= 0.6 is 15.9 Å². The van der Waals surface area contributed by atoms with Gasteiger partial charge in [-0.15, -0.1) is 0 Å². The maximum absolute atomic E-state index is 5.52. The van der Waals surface area contributed by atoms with E-state index in [0.29, 0.717) is 0 Å². The van der Waals surface area contributed by atoms with Gasteiger partial charge in [-0.05, 0) is 36.4 Å². The molecule has 4 rings (SSSR count). The van der Waals surface area contributed by atoms with Crippen molar-refractivity contribution < 1.29 is 9.47 Å². The number of anilines is 1. The highest BCUT2D eigenvalue weighted by molar-refractivity contribution is 9.10. The Kier molecular flexibility index (Phi) is 5.64. The molecule has 0 aliphatic carbocycles. The molecule has 146 valence electrons. The second-order valence-corrected chi connectivity index (χ2v) is 7.72. The Balaban J connectivity index is 1.48. The topological polar surface area (TPSA) is 50.7 Å². The zero-order valence-electron chi connectivity index (χ0n) is 16.1. The van der Waals surface area contributed by atoms with E-state index in [1.54, 1.807) is 20.5 Å². The lowest BCUT2D eigenvalue weighted by molar-refractivity contribution is 0.245. The standard InChI is InChI=1S/C21H23BrN4O2/c1-27-17-4-6-20(28-2)15(11-17)13-25-7-9-26(10-8-25)21-18-12-16(22)3-5-19(18)23-14-24-21/h3-6,11-12,14H,7-10,13H2,1-2H3. The van der Waals surface area contributed by atoms with E-state index in [9.17, 15) is 0 Å². The van der Waals surface area contributed by atoms with Crippen LogP contribution in [0.15, 0.2) is 47.2 Å². The van der Waals surface area contributed by atoms with Gasteiger partial charge in [-0.1, -0.05) is 15.9 Å². The molecule has 1 fully saturated rings. The van der Waals surface area contributed by atoms with Crippen LogP contribution in [0.25, 0.3) is 10.9 Å². The van der Waals surface area contributed by atoms with Crippen molar-refractivity contribution in [3.05, 3.63) is 52.8 Å². The summed E-state index contributed by atoms with van der Waals surface area (Å²) < 4.78 is 11.9. The van der Waals surface area contributed by atoms with Crippen LogP contribution in [-0.4, -0.2) is 55.3 Å². The fraction of sp³-hybridized carbons (Fsp3) is 0.333. The van der Waals surface area contributed by atoms with E-state index in [-0.39, 0.29) is 0 Å². The van der Waals surface area contributed by atoms with Crippen molar-refractivity contribution in [3.63, 3.8) is 0 Å². The number of methoxy groups -OCH3 is 2. The normalized spacial score (nSPS) is 15.0. The van der Waals surface area contributed by atoms with Crippen LogP contribution < -0.4 is 14.4 Å². The van der Waals surface area contributed by atoms with E-state index < -0.39 is 0 Å². The number of ether oxygens (including phenoxy) is 2. The van der Waals surface area contributed by atoms with Gasteiger partial charge in [0.1, 0.15) is 23.6 Å². The Bertz CT molecular complexity index is 974. The fourth-order valence-electron chi connectivity index (χ4n) is 3.63. The molecule has 0 saturated carbocycles. The van der Waals surface area contributed by atoms with E-state index in [4.69, 9.17) is 9.47 Å². The molecule has 1 aliphatic rings. The molecular weight excluding hydrogens is 420 g/mol. The lowest BCUT2D eigenvalue weighted by Gasteiger charge is -2.36. The molecule has 1 aliphatic heterocycles. The molecule has 1 aromatic heterocycles. The molecule has 1 saturated heterocycles. The lowest BCUT2D eigenvalue weighted by Crippen LogP contribution is -2.46. The summed E-state index contributed by atoms with van der Waals surface area (Å²) in [5.74, 6) is 2.76. The first-order valence-corrected chi connectivity index (χ1v) is 10.1. The van der Waals surface area contributed by atoms with E-state index in [1.165, 1.54) is 0 Å². The number of fused-ring (bicyclic) bond motifs is 1. The number of hydrogen-bond donors (Lipinski definition) is 0. The van der Waals surface area contributed by atoms with Crippen LogP contribution in [0.2, 0.25) is 0 Å². The molecular formula is C21H23BrN4O2. The maximum Gasteiger partial charge on any atom is 0.140 e. The Morgan fingerprint density at radius 1 is 0.964 bits per heavy atom. The summed E-state index contributed by atoms with van der Waals surface area (Å²) in [7, 11) is 3.40. The summed E-state index contributed by atoms with van der Waals surface area (Å²) in [5.41, 5.74) is 2.11. The minimum Gasteiger partial charge on any atom is -0.497 e. The van der Waals surface area contributed by atoms with Gasteiger partial charge in [0.05, 0.1) is 19.7 Å². The minimum absolute atomic E-state index is 0.838. The smallest absolute Gasteiger partial charge is 0.140 e. The number of rotatable bonds is 5. The van der Waals surface area contributed by atoms with Crippen molar-refractivity contribution in [1.82, 2.24) is 14.9 Å². The minimum atomic E-state index is 0.838. The Morgan fingerprint density at radius 2 is 1.79 bits per heavy atom. The highest BCUT2D eigenvalue weighted by Gasteiger charge is 2.21. The number of benzene rings is 2. The predicted molar refractivity (Wildman–Crippen MR) is 114 cm³/mol. The Morgan fingerprint density at radius 3 is 2.54 bits per heavy atom. The third-order valence-electron chi connectivity index (χ3n) is 5.13. The zero-order chi connectivity index (χ0) is 19.5. The summed E-state index contributed by atoms with van der Waals surface area (Å²) in [4.78, 5) is 13.7. The summed E-state index contributed by atoms with van der Waals surface area (Å²) >= 11 is 3.56. The van der Waals surface area contributed by atoms with E-state index >= 15 is 0 Å². The van der Waals surface area contributed by atoms with E-state index in [2.05, 4.69) is 47.8 Å². The van der Waals surface area contributed by atoms with Gasteiger partial charge in [-0.3, -0.25) is 4.90 Å². The highest BCUT2D eigenvalue weighted by Crippen LogP contribution is 2.28. The Labute approximate surface area is 173 Å².